The molecule has 34 heavy (non-hydrogen) atoms. The largest absolute Gasteiger partial charge is 0.503 e. The molecule has 2 N–H and O–H groups in total. The van der Waals surface area contributed by atoms with E-state index in [-0.39, 0.29) is 5.75 Å². The van der Waals surface area contributed by atoms with Crippen molar-refractivity contribution in [1.29, 1.82) is 0 Å². The van der Waals surface area contributed by atoms with E-state index in [2.05, 4.69) is 59.5 Å². The highest BCUT2D eigenvalue weighted by Crippen LogP contribution is 2.46. The first-order chi connectivity index (χ1) is 16.5. The Morgan fingerprint density at radius 1 is 1.06 bits per heavy atom. The molecule has 0 radical (unpaired) electrons. The molecule has 4 aromatic rings. The minimum Gasteiger partial charge on any atom is -0.503 e. The number of ether oxygens (including phenoxy) is 2. The number of benzene rings is 3. The molecule has 1 aromatic heterocycles. The van der Waals surface area contributed by atoms with E-state index in [4.69, 9.17) is 14.5 Å². The van der Waals surface area contributed by atoms with Gasteiger partial charge in [0.05, 0.1) is 11.6 Å². The number of hydrogen-bond acceptors (Lipinski definition) is 8. The van der Waals surface area contributed by atoms with E-state index in [9.17, 15) is 5.11 Å². The van der Waals surface area contributed by atoms with Crippen molar-refractivity contribution in [2.75, 3.05) is 12.4 Å². The van der Waals surface area contributed by atoms with Gasteiger partial charge in [-0.1, -0.05) is 60.3 Å². The van der Waals surface area contributed by atoms with Crippen molar-refractivity contribution >= 4 is 49.3 Å². The third kappa shape index (κ3) is 4.45. The zero-order chi connectivity index (χ0) is 23.7. The predicted octanol–water partition coefficient (Wildman–Crippen LogP) is 6.57. The topological polar surface area (TPSA) is 89.4 Å². The van der Waals surface area contributed by atoms with Crippen LogP contribution in [0.4, 0.5) is 5.69 Å². The molecule has 5 rings (SSSR count). The van der Waals surface area contributed by atoms with Gasteiger partial charge in [-0.05, 0) is 49.6 Å². The Hall–Kier alpha value is -2.82. The standard InChI is InChI=1S/C24H18Br2N4O3S/c1-32-17-11-15(18(25)19(26)21(17)31)22-27-16-10-6-5-9-14(16)20-23(33-22)28-24(30-29-20)34-12-13-7-3-2-4-8-13/h2-11,22,27,31H,12H2,1H3. The first-order valence-corrected chi connectivity index (χ1v) is 12.8. The molecule has 0 saturated heterocycles. The molecule has 1 aliphatic rings. The quantitative estimate of drug-likeness (QED) is 0.248. The summed E-state index contributed by atoms with van der Waals surface area (Å²) in [5.41, 5.74) is 4.08. The van der Waals surface area contributed by atoms with Crippen LogP contribution < -0.4 is 14.8 Å². The van der Waals surface area contributed by atoms with Gasteiger partial charge < -0.3 is 19.9 Å². The van der Waals surface area contributed by atoms with Gasteiger partial charge in [0.1, 0.15) is 0 Å². The summed E-state index contributed by atoms with van der Waals surface area (Å²) in [6.07, 6.45) is -0.647. The van der Waals surface area contributed by atoms with Gasteiger partial charge in [0.25, 0.3) is 0 Å². The van der Waals surface area contributed by atoms with Crippen LogP contribution in [0.15, 0.2) is 74.8 Å². The van der Waals surface area contributed by atoms with Crippen LogP contribution in [0.2, 0.25) is 0 Å². The Balaban J connectivity index is 1.55. The first-order valence-electron chi connectivity index (χ1n) is 10.2. The van der Waals surface area contributed by atoms with Crippen LogP contribution in [0, 0.1) is 0 Å². The SMILES string of the molecule is COc1cc(C2Nc3ccccc3-c3nnc(SCc4ccccc4)nc3O2)c(Br)c(Br)c1O. The third-order valence-electron chi connectivity index (χ3n) is 5.22. The lowest BCUT2D eigenvalue weighted by atomic mass is 10.1. The number of phenolic OH excluding ortho intramolecular Hbond substituents is 1. The molecule has 1 atom stereocenters. The molecule has 0 amide bonds. The lowest BCUT2D eigenvalue weighted by Crippen LogP contribution is -2.18. The Labute approximate surface area is 217 Å². The van der Waals surface area contributed by atoms with E-state index in [0.29, 0.717) is 42.7 Å². The average molecular weight is 602 g/mol. The molecular formula is C24H18Br2N4O3S. The zero-order valence-corrected chi connectivity index (χ0v) is 21.8. The maximum absolute atomic E-state index is 10.4. The molecule has 10 heteroatoms. The summed E-state index contributed by atoms with van der Waals surface area (Å²) in [4.78, 5) is 4.69. The zero-order valence-electron chi connectivity index (χ0n) is 17.8. The van der Waals surface area contributed by atoms with Crippen LogP contribution in [0.3, 0.4) is 0 Å². The average Bonchev–Trinajstić information content (AvgIpc) is 3.03. The summed E-state index contributed by atoms with van der Waals surface area (Å²) in [6, 6.07) is 19.6. The fourth-order valence-corrected chi connectivity index (χ4v) is 5.20. The third-order valence-corrected chi connectivity index (χ3v) is 8.29. The van der Waals surface area contributed by atoms with Gasteiger partial charge in [-0.3, -0.25) is 0 Å². The molecule has 0 bridgehead atoms. The van der Waals surface area contributed by atoms with Gasteiger partial charge in [-0.15, -0.1) is 10.2 Å². The fourth-order valence-electron chi connectivity index (χ4n) is 3.53. The summed E-state index contributed by atoms with van der Waals surface area (Å²) in [6.45, 7) is 0. The van der Waals surface area contributed by atoms with Crippen molar-refractivity contribution in [2.45, 2.75) is 17.1 Å². The Morgan fingerprint density at radius 3 is 2.62 bits per heavy atom. The lowest BCUT2D eigenvalue weighted by Gasteiger charge is -2.22. The van der Waals surface area contributed by atoms with Crippen LogP contribution in [0.5, 0.6) is 17.4 Å². The van der Waals surface area contributed by atoms with Crippen molar-refractivity contribution in [3.8, 4) is 28.6 Å². The van der Waals surface area contributed by atoms with E-state index in [1.54, 1.807) is 6.07 Å². The number of phenols is 1. The number of aromatic hydroxyl groups is 1. The van der Waals surface area contributed by atoms with Crippen LogP contribution >= 0.6 is 43.6 Å². The van der Waals surface area contributed by atoms with Crippen molar-refractivity contribution in [3.63, 3.8) is 0 Å². The highest BCUT2D eigenvalue weighted by atomic mass is 79.9. The van der Waals surface area contributed by atoms with Gasteiger partial charge in [-0.2, -0.15) is 4.98 Å². The van der Waals surface area contributed by atoms with Gasteiger partial charge in [0.2, 0.25) is 11.0 Å². The van der Waals surface area contributed by atoms with E-state index < -0.39 is 6.23 Å². The summed E-state index contributed by atoms with van der Waals surface area (Å²) < 4.78 is 12.8. The molecular weight excluding hydrogens is 584 g/mol. The van der Waals surface area contributed by atoms with Crippen molar-refractivity contribution in [3.05, 3.63) is 80.7 Å². The molecule has 172 valence electrons. The number of anilines is 1. The van der Waals surface area contributed by atoms with Crippen LogP contribution in [-0.4, -0.2) is 27.4 Å². The maximum atomic E-state index is 10.4. The number of nitrogens with one attached hydrogen (secondary N) is 1. The highest BCUT2D eigenvalue weighted by Gasteiger charge is 2.29. The maximum Gasteiger partial charge on any atom is 0.247 e. The minimum atomic E-state index is -0.647. The Kier molecular flexibility index (Phi) is 6.62. The molecule has 0 saturated carbocycles. The normalized spacial score (nSPS) is 14.3. The van der Waals surface area contributed by atoms with Crippen LogP contribution in [-0.2, 0) is 5.75 Å². The predicted molar refractivity (Wildman–Crippen MR) is 138 cm³/mol. The molecule has 1 unspecified atom stereocenters. The number of halogens is 2. The number of rotatable bonds is 5. The smallest absolute Gasteiger partial charge is 0.247 e. The minimum absolute atomic E-state index is 0.00358. The Morgan fingerprint density at radius 2 is 1.82 bits per heavy atom. The number of para-hydroxylation sites is 1. The fraction of sp³-hybridized carbons (Fsp3) is 0.125. The Bertz CT molecular complexity index is 1360. The van der Waals surface area contributed by atoms with Crippen LogP contribution in [0.1, 0.15) is 17.4 Å². The number of methoxy groups -OCH3 is 1. The van der Waals surface area contributed by atoms with E-state index >= 15 is 0 Å². The molecule has 1 aliphatic heterocycles. The molecule has 0 aliphatic carbocycles. The van der Waals surface area contributed by atoms with Crippen molar-refractivity contribution < 1.29 is 14.6 Å². The summed E-state index contributed by atoms with van der Waals surface area (Å²) in [5.74, 6) is 1.39. The molecule has 3 aromatic carbocycles. The van der Waals surface area contributed by atoms with Gasteiger partial charge in [-0.25, -0.2) is 0 Å². The second kappa shape index (κ2) is 9.81. The van der Waals surface area contributed by atoms with Crippen molar-refractivity contribution in [1.82, 2.24) is 15.2 Å². The summed E-state index contributed by atoms with van der Waals surface area (Å²) in [7, 11) is 1.50. The van der Waals surface area contributed by atoms with E-state index in [1.165, 1.54) is 24.4 Å². The summed E-state index contributed by atoms with van der Waals surface area (Å²) >= 11 is 8.48. The van der Waals surface area contributed by atoms with Crippen LogP contribution in [0.25, 0.3) is 11.3 Å². The number of aromatic nitrogens is 3. The van der Waals surface area contributed by atoms with Gasteiger partial charge in [0.15, 0.2) is 23.4 Å². The summed E-state index contributed by atoms with van der Waals surface area (Å²) in [5, 5.41) is 23.1. The number of fused-ring (bicyclic) bond motifs is 3. The lowest BCUT2D eigenvalue weighted by molar-refractivity contribution is 0.223. The molecule has 0 fully saturated rings. The number of hydrogen-bond donors (Lipinski definition) is 2. The first kappa shape index (κ1) is 22.9. The van der Waals surface area contributed by atoms with Gasteiger partial charge in [0, 0.05) is 27.0 Å². The molecule has 0 spiro atoms. The van der Waals surface area contributed by atoms with E-state index in [0.717, 1.165) is 11.3 Å². The second-order valence-electron chi connectivity index (χ2n) is 7.35. The number of thioether (sulfide) groups is 1. The molecule has 7 nitrogen and oxygen atoms in total. The van der Waals surface area contributed by atoms with E-state index in [1.807, 2.05) is 42.5 Å². The van der Waals surface area contributed by atoms with Crippen molar-refractivity contribution in [2.24, 2.45) is 0 Å². The molecule has 2 heterocycles. The highest BCUT2D eigenvalue weighted by molar-refractivity contribution is 9.13. The van der Waals surface area contributed by atoms with Gasteiger partial charge >= 0.3 is 0 Å². The second-order valence-corrected chi connectivity index (χ2v) is 9.88. The monoisotopic (exact) mass is 600 g/mol. The number of nitrogens with zero attached hydrogens (tertiary/aromatic N) is 3.